The predicted octanol–water partition coefficient (Wildman–Crippen LogP) is 0.839. The van der Waals surface area contributed by atoms with Crippen molar-refractivity contribution in [3.05, 3.63) is 44.2 Å². The molecule has 0 aliphatic carbocycles. The number of ether oxygens (including phenoxy) is 4. The van der Waals surface area contributed by atoms with Crippen molar-refractivity contribution in [2.45, 2.75) is 6.92 Å². The fraction of sp³-hybridized carbons (Fsp3) is 0.333. The van der Waals surface area contributed by atoms with Crippen LogP contribution in [0.4, 0.5) is 0 Å². The molecule has 3 rings (SSSR count). The molecule has 0 fully saturated rings. The number of pyridine rings is 1. The van der Waals surface area contributed by atoms with Gasteiger partial charge < -0.3 is 18.9 Å². The molecule has 0 aliphatic rings. The van der Waals surface area contributed by atoms with Gasteiger partial charge in [0.05, 0.1) is 35.5 Å². The maximum absolute atomic E-state index is 13.2. The van der Waals surface area contributed by atoms with Crippen molar-refractivity contribution in [3.63, 3.8) is 0 Å². The van der Waals surface area contributed by atoms with Gasteiger partial charge in [0, 0.05) is 12.6 Å². The number of H-pyrrole nitrogens is 1. The molecule has 10 nitrogen and oxygen atoms in total. The molecule has 0 saturated heterocycles. The number of benzene rings is 1. The first kappa shape index (κ1) is 21.9. The van der Waals surface area contributed by atoms with Gasteiger partial charge in [-0.3, -0.25) is 4.79 Å². The largest absolute Gasteiger partial charge is 0.493 e. The quantitative estimate of drug-likeness (QED) is 0.551. The maximum atomic E-state index is 13.2. The van der Waals surface area contributed by atoms with E-state index >= 15 is 0 Å². The summed E-state index contributed by atoms with van der Waals surface area (Å²) in [4.78, 5) is 41.4. The smallest absolute Gasteiger partial charge is 0.417 e. The molecule has 2 aromatic heterocycles. The molecule has 1 N–H and O–H groups in total. The van der Waals surface area contributed by atoms with Crippen molar-refractivity contribution >= 4 is 17.0 Å². The molecule has 0 atom stereocenters. The standard InChI is InChI=1S/C21H23N3O7/c1-10-14(20(26)31-7)15(11-8-12(28-4)17(30-6)13(9-11)29-5)16-18(22-10)23(2)21(27)24(3)19(16)25/h8-9H,1-7H3/p+1. The summed E-state index contributed by atoms with van der Waals surface area (Å²) in [5, 5.41) is 0.143. The SMILES string of the molecule is COC(=O)c1c(C)[nH+]c2c(c1-c1cc(OC)c(OC)c(OC)c1)c(=O)n(C)c(=O)n2C. The zero-order chi connectivity index (χ0) is 23.0. The Hall–Kier alpha value is -3.82. The highest BCUT2D eigenvalue weighted by Crippen LogP contribution is 2.43. The third-order valence-electron chi connectivity index (χ3n) is 5.19. The van der Waals surface area contributed by atoms with Crippen LogP contribution in [-0.4, -0.2) is 43.5 Å². The van der Waals surface area contributed by atoms with Crippen LogP contribution in [0.3, 0.4) is 0 Å². The van der Waals surface area contributed by atoms with Crippen molar-refractivity contribution in [1.29, 1.82) is 0 Å². The second-order valence-corrected chi connectivity index (χ2v) is 6.83. The molecule has 0 amide bonds. The van der Waals surface area contributed by atoms with Gasteiger partial charge in [0.25, 0.3) is 11.2 Å². The van der Waals surface area contributed by atoms with Crippen molar-refractivity contribution in [2.75, 3.05) is 28.4 Å². The number of methoxy groups -OCH3 is 4. The number of rotatable bonds is 5. The lowest BCUT2D eigenvalue weighted by atomic mass is 9.95. The van der Waals surface area contributed by atoms with Crippen LogP contribution in [0.25, 0.3) is 22.2 Å². The van der Waals surface area contributed by atoms with E-state index in [-0.39, 0.29) is 22.2 Å². The lowest BCUT2D eigenvalue weighted by Crippen LogP contribution is -2.40. The summed E-state index contributed by atoms with van der Waals surface area (Å²) in [5.74, 6) is 0.397. The summed E-state index contributed by atoms with van der Waals surface area (Å²) in [6.45, 7) is 1.66. The zero-order valence-corrected chi connectivity index (χ0v) is 18.4. The van der Waals surface area contributed by atoms with Crippen LogP contribution in [0, 0.1) is 6.92 Å². The first-order chi connectivity index (χ1) is 14.7. The lowest BCUT2D eigenvalue weighted by molar-refractivity contribution is -0.359. The number of esters is 1. The summed E-state index contributed by atoms with van der Waals surface area (Å²) in [5.41, 5.74) is 0.507. The number of carbonyl (C=O) groups excluding carboxylic acids is 1. The van der Waals surface area contributed by atoms with Crippen LogP contribution >= 0.6 is 0 Å². The molecule has 3 aromatic rings. The van der Waals surface area contributed by atoms with Gasteiger partial charge in [0.15, 0.2) is 11.5 Å². The molecular weight excluding hydrogens is 406 g/mol. The molecule has 0 aliphatic heterocycles. The van der Waals surface area contributed by atoms with Crippen molar-refractivity contribution in [1.82, 2.24) is 9.13 Å². The van der Waals surface area contributed by atoms with E-state index in [4.69, 9.17) is 18.9 Å². The van der Waals surface area contributed by atoms with Crippen molar-refractivity contribution in [2.24, 2.45) is 14.1 Å². The first-order valence-corrected chi connectivity index (χ1v) is 9.26. The number of hydrogen-bond donors (Lipinski definition) is 0. The molecule has 10 heteroatoms. The van der Waals surface area contributed by atoms with E-state index in [9.17, 15) is 14.4 Å². The number of nitrogens with one attached hydrogen (secondary N) is 1. The van der Waals surface area contributed by atoms with E-state index in [2.05, 4.69) is 4.98 Å². The fourth-order valence-corrected chi connectivity index (χ4v) is 3.64. The number of aryl methyl sites for hydroxylation is 2. The minimum atomic E-state index is -0.643. The minimum Gasteiger partial charge on any atom is -0.493 e. The summed E-state index contributed by atoms with van der Waals surface area (Å²) in [6.07, 6.45) is 0. The molecular formula is C21H24N3O7+. The topological polar surface area (TPSA) is 112 Å². The van der Waals surface area contributed by atoms with Crippen LogP contribution in [0.1, 0.15) is 16.1 Å². The van der Waals surface area contributed by atoms with E-state index in [0.29, 0.717) is 28.5 Å². The van der Waals surface area contributed by atoms with Gasteiger partial charge in [-0.1, -0.05) is 0 Å². The van der Waals surface area contributed by atoms with Crippen LogP contribution in [0.5, 0.6) is 17.2 Å². The maximum Gasteiger partial charge on any atom is 0.417 e. The highest BCUT2D eigenvalue weighted by atomic mass is 16.5. The highest BCUT2D eigenvalue weighted by Gasteiger charge is 2.30. The van der Waals surface area contributed by atoms with E-state index < -0.39 is 17.2 Å². The predicted molar refractivity (Wildman–Crippen MR) is 112 cm³/mol. The van der Waals surface area contributed by atoms with Crippen LogP contribution in [0.2, 0.25) is 0 Å². The van der Waals surface area contributed by atoms with E-state index in [1.807, 2.05) is 0 Å². The Balaban J connectivity index is 2.65. The highest BCUT2D eigenvalue weighted by molar-refractivity contribution is 6.06. The Bertz CT molecular complexity index is 1300. The number of aromatic nitrogens is 3. The van der Waals surface area contributed by atoms with Gasteiger partial charge >= 0.3 is 11.7 Å². The molecule has 2 heterocycles. The average Bonchev–Trinajstić information content (AvgIpc) is 2.78. The fourth-order valence-electron chi connectivity index (χ4n) is 3.64. The van der Waals surface area contributed by atoms with Crippen LogP contribution < -0.4 is 30.4 Å². The van der Waals surface area contributed by atoms with E-state index in [1.165, 1.54) is 47.1 Å². The lowest BCUT2D eigenvalue weighted by Gasteiger charge is -2.17. The number of nitrogens with zero attached hydrogens (tertiary/aromatic N) is 2. The number of hydrogen-bond acceptors (Lipinski definition) is 7. The summed E-state index contributed by atoms with van der Waals surface area (Å²) < 4.78 is 23.5. The molecule has 0 bridgehead atoms. The third-order valence-corrected chi connectivity index (χ3v) is 5.19. The molecule has 31 heavy (non-hydrogen) atoms. The molecule has 1 aromatic carbocycles. The Morgan fingerprint density at radius 1 is 0.935 bits per heavy atom. The van der Waals surface area contributed by atoms with Crippen molar-refractivity contribution < 1.29 is 28.7 Å². The normalized spacial score (nSPS) is 10.8. The number of fused-ring (bicyclic) bond motifs is 1. The average molecular weight is 430 g/mol. The second kappa shape index (κ2) is 8.13. The number of carbonyl (C=O) groups is 1. The van der Waals surface area contributed by atoms with Crippen molar-refractivity contribution in [3.8, 4) is 28.4 Å². The van der Waals surface area contributed by atoms with Gasteiger partial charge in [-0.2, -0.15) is 4.57 Å². The Morgan fingerprint density at radius 3 is 2.00 bits per heavy atom. The summed E-state index contributed by atoms with van der Waals surface area (Å²) >= 11 is 0. The monoisotopic (exact) mass is 430 g/mol. The first-order valence-electron chi connectivity index (χ1n) is 9.26. The molecule has 0 saturated carbocycles. The Kier molecular flexibility index (Phi) is 5.74. The second-order valence-electron chi connectivity index (χ2n) is 6.83. The van der Waals surface area contributed by atoms with Crippen LogP contribution in [-0.2, 0) is 18.8 Å². The van der Waals surface area contributed by atoms with Gasteiger partial charge in [-0.15, -0.1) is 0 Å². The molecule has 0 unspecified atom stereocenters. The summed E-state index contributed by atoms with van der Waals surface area (Å²) in [6, 6.07) is 3.26. The van der Waals surface area contributed by atoms with E-state index in [1.54, 1.807) is 19.1 Å². The summed E-state index contributed by atoms with van der Waals surface area (Å²) in [7, 11) is 8.57. The van der Waals surface area contributed by atoms with Crippen LogP contribution in [0.15, 0.2) is 21.7 Å². The van der Waals surface area contributed by atoms with Gasteiger partial charge in [0.1, 0.15) is 16.6 Å². The van der Waals surface area contributed by atoms with Gasteiger partial charge in [0.2, 0.25) is 5.75 Å². The molecule has 164 valence electrons. The Labute approximate surface area is 177 Å². The molecule has 0 spiro atoms. The van der Waals surface area contributed by atoms with Gasteiger partial charge in [-0.25, -0.2) is 19.1 Å². The zero-order valence-electron chi connectivity index (χ0n) is 18.4. The number of aromatic amines is 1. The van der Waals surface area contributed by atoms with Gasteiger partial charge in [-0.05, 0) is 24.6 Å². The third kappa shape index (κ3) is 3.29. The Morgan fingerprint density at radius 2 is 1.52 bits per heavy atom. The molecule has 0 radical (unpaired) electrons. The minimum absolute atomic E-state index is 0.143. The van der Waals surface area contributed by atoms with E-state index in [0.717, 1.165) is 4.57 Å².